The molecule has 0 radical (unpaired) electrons. The maximum absolute atomic E-state index is 12.8. The molecule has 170 valence electrons. The SMILES string of the molecule is CC[C@H](C)[C@H](NC(=O)c1csc(CNC(=O)OC(C)(C)C)n1)c1nc(C(=O)OC)cs1. The van der Waals surface area contributed by atoms with Gasteiger partial charge in [-0.15, -0.1) is 22.7 Å². The molecule has 0 saturated heterocycles. The molecule has 2 aromatic rings. The van der Waals surface area contributed by atoms with E-state index in [0.717, 1.165) is 6.42 Å². The van der Waals surface area contributed by atoms with E-state index in [0.29, 0.717) is 10.0 Å². The Hall–Kier alpha value is -2.53. The second-order valence-corrected chi connectivity index (χ2v) is 9.71. The quantitative estimate of drug-likeness (QED) is 0.563. The molecule has 2 atom stereocenters. The zero-order chi connectivity index (χ0) is 23.2. The maximum Gasteiger partial charge on any atom is 0.408 e. The van der Waals surface area contributed by atoms with Crippen LogP contribution in [0.4, 0.5) is 4.79 Å². The van der Waals surface area contributed by atoms with Crippen LogP contribution in [0.5, 0.6) is 0 Å². The van der Waals surface area contributed by atoms with Gasteiger partial charge in [-0.3, -0.25) is 4.79 Å². The van der Waals surface area contributed by atoms with E-state index in [4.69, 9.17) is 9.47 Å². The molecule has 31 heavy (non-hydrogen) atoms. The molecule has 2 aromatic heterocycles. The lowest BCUT2D eigenvalue weighted by atomic mass is 9.99. The number of nitrogens with one attached hydrogen (secondary N) is 2. The highest BCUT2D eigenvalue weighted by Gasteiger charge is 2.26. The number of esters is 1. The third-order valence-corrected chi connectivity index (χ3v) is 6.03. The van der Waals surface area contributed by atoms with Crippen LogP contribution in [0.25, 0.3) is 0 Å². The van der Waals surface area contributed by atoms with Crippen LogP contribution in [0.1, 0.15) is 78.1 Å². The smallest absolute Gasteiger partial charge is 0.408 e. The number of carbonyl (C=O) groups excluding carboxylic acids is 3. The minimum Gasteiger partial charge on any atom is -0.464 e. The maximum atomic E-state index is 12.8. The summed E-state index contributed by atoms with van der Waals surface area (Å²) in [5, 5.41) is 10.1. The third kappa shape index (κ3) is 7.28. The summed E-state index contributed by atoms with van der Waals surface area (Å²) in [5.74, 6) is -0.772. The van der Waals surface area contributed by atoms with E-state index in [1.165, 1.54) is 29.8 Å². The fraction of sp³-hybridized carbons (Fsp3) is 0.550. The van der Waals surface area contributed by atoms with Gasteiger partial charge >= 0.3 is 12.1 Å². The molecule has 0 fully saturated rings. The average molecular weight is 469 g/mol. The van der Waals surface area contributed by atoms with Crippen LogP contribution in [-0.4, -0.2) is 40.6 Å². The Morgan fingerprint density at radius 3 is 2.42 bits per heavy atom. The molecule has 9 nitrogen and oxygen atoms in total. The van der Waals surface area contributed by atoms with Gasteiger partial charge in [0.05, 0.1) is 19.7 Å². The summed E-state index contributed by atoms with van der Waals surface area (Å²) in [7, 11) is 1.30. The number of hydrogen-bond donors (Lipinski definition) is 2. The van der Waals surface area contributed by atoms with Gasteiger partial charge in [-0.2, -0.15) is 0 Å². The van der Waals surface area contributed by atoms with Crippen molar-refractivity contribution in [3.63, 3.8) is 0 Å². The molecular formula is C20H28N4O5S2. The van der Waals surface area contributed by atoms with Gasteiger partial charge in [0, 0.05) is 10.8 Å². The number of methoxy groups -OCH3 is 1. The van der Waals surface area contributed by atoms with E-state index < -0.39 is 17.7 Å². The third-order valence-electron chi connectivity index (χ3n) is 4.25. The van der Waals surface area contributed by atoms with E-state index >= 15 is 0 Å². The second kappa shape index (κ2) is 10.7. The topological polar surface area (TPSA) is 120 Å². The van der Waals surface area contributed by atoms with Crippen molar-refractivity contribution in [2.75, 3.05) is 7.11 Å². The van der Waals surface area contributed by atoms with E-state index in [-0.39, 0.29) is 35.8 Å². The summed E-state index contributed by atoms with van der Waals surface area (Å²) in [6.07, 6.45) is 0.260. The molecule has 11 heteroatoms. The Kier molecular flexibility index (Phi) is 8.52. The van der Waals surface area contributed by atoms with Crippen molar-refractivity contribution in [3.8, 4) is 0 Å². The van der Waals surface area contributed by atoms with E-state index in [1.54, 1.807) is 31.5 Å². The molecule has 0 aliphatic heterocycles. The standard InChI is InChI=1S/C20H28N4O5S2/c1-7-11(2)15(17-23-13(10-31-17)18(26)28-6)24-16(25)12-9-30-14(22-12)8-21-19(27)29-20(3,4)5/h9-11,15H,7-8H2,1-6H3,(H,21,27)(H,24,25)/t11-,15-/m0/s1. The molecule has 0 spiro atoms. The van der Waals surface area contributed by atoms with Gasteiger partial charge in [-0.1, -0.05) is 20.3 Å². The minimum atomic E-state index is -0.591. The molecule has 0 aromatic carbocycles. The Morgan fingerprint density at radius 2 is 1.81 bits per heavy atom. The molecule has 2 heterocycles. The van der Waals surface area contributed by atoms with Gasteiger partial charge in [0.2, 0.25) is 0 Å². The predicted molar refractivity (Wildman–Crippen MR) is 118 cm³/mol. The van der Waals surface area contributed by atoms with Crippen molar-refractivity contribution in [1.29, 1.82) is 0 Å². The molecule has 2 amide bonds. The Bertz CT molecular complexity index is 919. The molecule has 2 rings (SSSR count). The van der Waals surface area contributed by atoms with Crippen molar-refractivity contribution in [3.05, 3.63) is 32.2 Å². The van der Waals surface area contributed by atoms with Gasteiger partial charge < -0.3 is 20.1 Å². The van der Waals surface area contributed by atoms with E-state index in [1.807, 2.05) is 13.8 Å². The van der Waals surface area contributed by atoms with Gasteiger partial charge in [0.25, 0.3) is 5.91 Å². The predicted octanol–water partition coefficient (Wildman–Crippen LogP) is 3.93. The van der Waals surface area contributed by atoms with Crippen LogP contribution in [0.15, 0.2) is 10.8 Å². The van der Waals surface area contributed by atoms with Crippen molar-refractivity contribution in [1.82, 2.24) is 20.6 Å². The summed E-state index contributed by atoms with van der Waals surface area (Å²) in [6, 6.07) is -0.369. The van der Waals surface area contributed by atoms with Gasteiger partial charge in [0.15, 0.2) is 5.69 Å². The van der Waals surface area contributed by atoms with Crippen LogP contribution in [-0.2, 0) is 16.0 Å². The number of hydrogen-bond acceptors (Lipinski definition) is 9. The average Bonchev–Trinajstić information content (AvgIpc) is 3.37. The zero-order valence-corrected chi connectivity index (χ0v) is 20.1. The molecule has 0 aliphatic rings. The van der Waals surface area contributed by atoms with Crippen LogP contribution in [0.3, 0.4) is 0 Å². The van der Waals surface area contributed by atoms with Gasteiger partial charge in [0.1, 0.15) is 21.3 Å². The first kappa shape index (κ1) is 24.7. The monoisotopic (exact) mass is 468 g/mol. The summed E-state index contributed by atoms with van der Waals surface area (Å²) in [6.45, 7) is 9.52. The number of carbonyl (C=O) groups is 3. The summed E-state index contributed by atoms with van der Waals surface area (Å²) in [5.41, 5.74) is -0.120. The van der Waals surface area contributed by atoms with Crippen LogP contribution < -0.4 is 10.6 Å². The molecule has 0 saturated carbocycles. The van der Waals surface area contributed by atoms with E-state index in [2.05, 4.69) is 20.6 Å². The minimum absolute atomic E-state index is 0.0903. The number of thiazole rings is 2. The van der Waals surface area contributed by atoms with Crippen molar-refractivity contribution >= 4 is 40.6 Å². The Labute approximate surface area is 189 Å². The first-order valence-electron chi connectivity index (χ1n) is 9.79. The van der Waals surface area contributed by atoms with Crippen molar-refractivity contribution < 1.29 is 23.9 Å². The first-order chi connectivity index (χ1) is 14.5. The summed E-state index contributed by atoms with van der Waals surface area (Å²) in [4.78, 5) is 44.9. The molecule has 0 aliphatic carbocycles. The molecule has 0 bridgehead atoms. The number of ether oxygens (including phenoxy) is 2. The first-order valence-corrected chi connectivity index (χ1v) is 11.6. The molecular weight excluding hydrogens is 440 g/mol. The lowest BCUT2D eigenvalue weighted by molar-refractivity contribution is 0.0522. The fourth-order valence-electron chi connectivity index (χ4n) is 2.49. The lowest BCUT2D eigenvalue weighted by Crippen LogP contribution is -2.33. The van der Waals surface area contributed by atoms with Crippen molar-refractivity contribution in [2.24, 2.45) is 5.92 Å². The Balaban J connectivity index is 2.05. The largest absolute Gasteiger partial charge is 0.464 e. The highest BCUT2D eigenvalue weighted by atomic mass is 32.1. The fourth-order valence-corrected chi connectivity index (χ4v) is 4.17. The lowest BCUT2D eigenvalue weighted by Gasteiger charge is -2.21. The van der Waals surface area contributed by atoms with Crippen molar-refractivity contribution in [2.45, 2.75) is 59.2 Å². The number of alkyl carbamates (subject to hydrolysis) is 1. The number of amides is 2. The van der Waals surface area contributed by atoms with E-state index in [9.17, 15) is 14.4 Å². The number of rotatable bonds is 8. The van der Waals surface area contributed by atoms with Crippen LogP contribution in [0.2, 0.25) is 0 Å². The molecule has 2 N–H and O–H groups in total. The highest BCUT2D eigenvalue weighted by molar-refractivity contribution is 7.10. The van der Waals surface area contributed by atoms with Gasteiger partial charge in [-0.25, -0.2) is 19.6 Å². The highest BCUT2D eigenvalue weighted by Crippen LogP contribution is 2.28. The zero-order valence-electron chi connectivity index (χ0n) is 18.5. The van der Waals surface area contributed by atoms with Gasteiger partial charge in [-0.05, 0) is 26.7 Å². The normalized spacial score (nSPS) is 13.2. The second-order valence-electron chi connectivity index (χ2n) is 7.88. The summed E-state index contributed by atoms with van der Waals surface area (Å²) < 4.78 is 9.90. The number of nitrogens with zero attached hydrogens (tertiary/aromatic N) is 2. The number of aromatic nitrogens is 2. The van der Waals surface area contributed by atoms with Crippen LogP contribution >= 0.6 is 22.7 Å². The van der Waals surface area contributed by atoms with Crippen LogP contribution in [0, 0.1) is 5.92 Å². The summed E-state index contributed by atoms with van der Waals surface area (Å²) >= 11 is 2.57. The molecule has 0 unspecified atom stereocenters. The Morgan fingerprint density at radius 1 is 1.13 bits per heavy atom.